The predicted octanol–water partition coefficient (Wildman–Crippen LogP) is 6.35. The summed E-state index contributed by atoms with van der Waals surface area (Å²) in [7, 11) is 0. The molecule has 0 aromatic heterocycles. The van der Waals surface area contributed by atoms with Gasteiger partial charge in [-0.2, -0.15) is 5.26 Å². The molecule has 1 aromatic rings. The van der Waals surface area contributed by atoms with Crippen LogP contribution in [0.5, 0.6) is 0 Å². The van der Waals surface area contributed by atoms with E-state index in [0.29, 0.717) is 37.3 Å². The van der Waals surface area contributed by atoms with Crippen LogP contribution in [-0.2, 0) is 14.2 Å². The van der Waals surface area contributed by atoms with E-state index >= 15 is 0 Å². The largest absolute Gasteiger partial charge is 0.487 e. The van der Waals surface area contributed by atoms with E-state index in [2.05, 4.69) is 58.7 Å². The Bertz CT molecular complexity index is 1340. The molecule has 0 aliphatic carbocycles. The molecule has 3 heterocycles. The van der Waals surface area contributed by atoms with Gasteiger partial charge in [0.15, 0.2) is 0 Å². The van der Waals surface area contributed by atoms with Crippen molar-refractivity contribution in [2.24, 2.45) is 4.99 Å². The number of hydrogen-bond donors (Lipinski definition) is 1. The minimum Gasteiger partial charge on any atom is -0.487 e. The van der Waals surface area contributed by atoms with Crippen molar-refractivity contribution < 1.29 is 19.0 Å². The maximum Gasteiger partial charge on any atom is 0.410 e. The van der Waals surface area contributed by atoms with Gasteiger partial charge in [-0.15, -0.1) is 0 Å². The lowest BCUT2D eigenvalue weighted by atomic mass is 9.99. The van der Waals surface area contributed by atoms with Crippen LogP contribution in [0.2, 0.25) is 0 Å². The Hall–Kier alpha value is -4.29. The lowest BCUT2D eigenvalue weighted by molar-refractivity contribution is 0.0260. The maximum absolute atomic E-state index is 12.5. The summed E-state index contributed by atoms with van der Waals surface area (Å²) in [6, 6.07) is 11.1. The van der Waals surface area contributed by atoms with Crippen molar-refractivity contribution in [2.45, 2.75) is 64.2 Å². The molecule has 2 fully saturated rings. The molecule has 0 saturated carbocycles. The molecule has 3 aliphatic rings. The second-order valence-electron chi connectivity index (χ2n) is 12.0. The summed E-state index contributed by atoms with van der Waals surface area (Å²) >= 11 is 0. The van der Waals surface area contributed by atoms with Crippen molar-refractivity contribution in [1.82, 2.24) is 10.2 Å². The van der Waals surface area contributed by atoms with E-state index in [4.69, 9.17) is 14.2 Å². The quantitative estimate of drug-likeness (QED) is 0.137. The molecule has 44 heavy (non-hydrogen) atoms. The average Bonchev–Trinajstić information content (AvgIpc) is 3.65. The van der Waals surface area contributed by atoms with Gasteiger partial charge in [-0.05, 0) is 69.4 Å². The zero-order valence-electron chi connectivity index (χ0n) is 26.3. The Labute approximate surface area is 261 Å². The third-order valence-corrected chi connectivity index (χ3v) is 7.62. The molecule has 1 amide bonds. The van der Waals surface area contributed by atoms with Gasteiger partial charge in [0, 0.05) is 38.0 Å². The zero-order valence-corrected chi connectivity index (χ0v) is 26.3. The van der Waals surface area contributed by atoms with Crippen LogP contribution in [0.1, 0.15) is 58.1 Å². The number of allylic oxidation sites excluding steroid dienone is 5. The monoisotopic (exact) mass is 599 g/mol. The Morgan fingerprint density at radius 3 is 2.59 bits per heavy atom. The molecule has 0 radical (unpaired) electrons. The highest BCUT2D eigenvalue weighted by Crippen LogP contribution is 2.34. The van der Waals surface area contributed by atoms with Gasteiger partial charge < -0.3 is 29.3 Å². The van der Waals surface area contributed by atoms with E-state index in [-0.39, 0.29) is 18.2 Å². The summed E-state index contributed by atoms with van der Waals surface area (Å²) in [6.07, 6.45) is 10.9. The Morgan fingerprint density at radius 2 is 1.93 bits per heavy atom. The molecular formula is C35H45N5O4. The first-order valence-electron chi connectivity index (χ1n) is 15.3. The fraction of sp³-hybridized carbons (Fsp3) is 0.457. The lowest BCUT2D eigenvalue weighted by Gasteiger charge is -2.29. The second kappa shape index (κ2) is 15.4. The van der Waals surface area contributed by atoms with Crippen LogP contribution in [0, 0.1) is 11.3 Å². The van der Waals surface area contributed by atoms with Crippen LogP contribution in [0.4, 0.5) is 10.5 Å². The molecule has 3 aliphatic heterocycles. The summed E-state index contributed by atoms with van der Waals surface area (Å²) in [6.45, 7) is 17.4. The molecule has 234 valence electrons. The molecule has 2 saturated heterocycles. The fourth-order valence-electron chi connectivity index (χ4n) is 5.47. The van der Waals surface area contributed by atoms with Gasteiger partial charge in [-0.1, -0.05) is 43.5 Å². The number of morpholine rings is 1. The van der Waals surface area contributed by atoms with Crippen molar-refractivity contribution in [1.29, 1.82) is 5.26 Å². The first-order valence-corrected chi connectivity index (χ1v) is 15.3. The van der Waals surface area contributed by atoms with Crippen LogP contribution in [-0.4, -0.2) is 68.3 Å². The van der Waals surface area contributed by atoms with Gasteiger partial charge in [-0.25, -0.2) is 9.79 Å². The maximum atomic E-state index is 12.5. The highest BCUT2D eigenvalue weighted by molar-refractivity contribution is 5.71. The van der Waals surface area contributed by atoms with E-state index in [1.807, 2.05) is 26.8 Å². The molecule has 9 heteroatoms. The number of likely N-dealkylation sites (tertiary alicyclic amines) is 1. The number of carbonyl (C=O) groups is 1. The third-order valence-electron chi connectivity index (χ3n) is 7.62. The van der Waals surface area contributed by atoms with Crippen molar-refractivity contribution in [3.63, 3.8) is 0 Å². The van der Waals surface area contributed by atoms with Gasteiger partial charge in [0.2, 0.25) is 0 Å². The molecule has 0 spiro atoms. The summed E-state index contributed by atoms with van der Waals surface area (Å²) in [5.74, 6) is 1.31. The van der Waals surface area contributed by atoms with E-state index in [1.54, 1.807) is 29.3 Å². The SMILES string of the molecule is C=C/C=N\C1=C(CC/C=C(C#N)\C(=C/C=C)O[C@H]2CCN(C(=O)OC(C)(C)C)C2)C[C@@H](c2ccc(N3CCOCC3)cc2)N1. The van der Waals surface area contributed by atoms with Gasteiger partial charge in [0.25, 0.3) is 0 Å². The predicted molar refractivity (Wildman–Crippen MR) is 174 cm³/mol. The van der Waals surface area contributed by atoms with Gasteiger partial charge in [0.05, 0.1) is 31.4 Å². The second-order valence-corrected chi connectivity index (χ2v) is 12.0. The Balaban J connectivity index is 1.38. The number of amides is 1. The molecule has 1 aromatic carbocycles. The highest BCUT2D eigenvalue weighted by atomic mass is 16.6. The van der Waals surface area contributed by atoms with Crippen molar-refractivity contribution >= 4 is 18.0 Å². The highest BCUT2D eigenvalue weighted by Gasteiger charge is 2.31. The summed E-state index contributed by atoms with van der Waals surface area (Å²) in [5, 5.41) is 13.6. The molecule has 1 N–H and O–H groups in total. The number of hydrogen-bond acceptors (Lipinski definition) is 8. The molecule has 2 atom stereocenters. The smallest absolute Gasteiger partial charge is 0.410 e. The van der Waals surface area contributed by atoms with Gasteiger partial charge in [0.1, 0.15) is 29.4 Å². The topological polar surface area (TPSA) is 99.4 Å². The van der Waals surface area contributed by atoms with E-state index in [1.165, 1.54) is 16.8 Å². The average molecular weight is 600 g/mol. The molecule has 0 unspecified atom stereocenters. The van der Waals surface area contributed by atoms with Gasteiger partial charge in [-0.3, -0.25) is 0 Å². The number of nitrogens with zero attached hydrogens (tertiary/aromatic N) is 4. The first kappa shape index (κ1) is 32.6. The number of ether oxygens (including phenoxy) is 3. The van der Waals surface area contributed by atoms with Crippen LogP contribution in [0.25, 0.3) is 0 Å². The Kier molecular flexibility index (Phi) is 11.4. The van der Waals surface area contributed by atoms with Crippen molar-refractivity contribution in [3.8, 4) is 6.07 Å². The Morgan fingerprint density at radius 1 is 1.18 bits per heavy atom. The minimum absolute atomic E-state index is 0.120. The van der Waals surface area contributed by atoms with Crippen LogP contribution >= 0.6 is 0 Å². The number of aliphatic imine (C=N–C) groups is 1. The third kappa shape index (κ3) is 9.10. The normalized spacial score (nSPS) is 21.3. The van der Waals surface area contributed by atoms with E-state index in [9.17, 15) is 10.1 Å². The van der Waals surface area contributed by atoms with Crippen LogP contribution < -0.4 is 10.2 Å². The standard InChI is InChI=1S/C35H45N5O4/c1-6-9-32(43-30-16-18-40(25-30)34(41)44-35(3,4)5)28(24-36)11-8-10-27-23-31(38-33(27)37-17-7-2)26-12-14-29(15-13-26)39-19-21-42-22-20-39/h6-7,9,11-15,17,30-31,38H,1-2,8,10,16,18-23,25H2,3-5H3/b28-11-,32-9+,37-17-/t30-,31-/m0/s1. The lowest BCUT2D eigenvalue weighted by Crippen LogP contribution is -2.36. The molecule has 4 rings (SSSR count). The summed E-state index contributed by atoms with van der Waals surface area (Å²) in [4.78, 5) is 21.1. The molecular weight excluding hydrogens is 554 g/mol. The van der Waals surface area contributed by atoms with Gasteiger partial charge >= 0.3 is 6.09 Å². The molecule has 0 bridgehead atoms. The summed E-state index contributed by atoms with van der Waals surface area (Å²) in [5.41, 5.74) is 3.49. The van der Waals surface area contributed by atoms with E-state index in [0.717, 1.165) is 45.0 Å². The number of nitriles is 1. The van der Waals surface area contributed by atoms with Crippen molar-refractivity contribution in [3.05, 3.63) is 90.0 Å². The number of carbonyl (C=O) groups excluding carboxylic acids is 1. The minimum atomic E-state index is -0.560. The van der Waals surface area contributed by atoms with Crippen LogP contribution in [0.15, 0.2) is 89.4 Å². The summed E-state index contributed by atoms with van der Waals surface area (Å²) < 4.78 is 17.2. The van der Waals surface area contributed by atoms with Crippen LogP contribution in [0.3, 0.4) is 0 Å². The number of rotatable bonds is 11. The number of anilines is 1. The fourth-order valence-corrected chi connectivity index (χ4v) is 5.47. The van der Waals surface area contributed by atoms with Crippen molar-refractivity contribution in [2.75, 3.05) is 44.3 Å². The first-order chi connectivity index (χ1) is 21.2. The number of benzene rings is 1. The zero-order chi connectivity index (χ0) is 31.5. The molecule has 9 nitrogen and oxygen atoms in total. The number of nitrogens with one attached hydrogen (secondary N) is 1. The van der Waals surface area contributed by atoms with E-state index < -0.39 is 5.60 Å².